The van der Waals surface area contributed by atoms with Crippen LogP contribution in [0.3, 0.4) is 0 Å². The summed E-state index contributed by atoms with van der Waals surface area (Å²) in [6.45, 7) is 14.0. The molecule has 2 aliphatic heterocycles. The fourth-order valence-electron chi connectivity index (χ4n) is 8.67. The van der Waals surface area contributed by atoms with Crippen molar-refractivity contribution in [2.75, 3.05) is 79.9 Å². The van der Waals surface area contributed by atoms with Crippen LogP contribution in [0.5, 0.6) is 0 Å². The van der Waals surface area contributed by atoms with Crippen LogP contribution in [-0.4, -0.2) is 84.0 Å². The third-order valence-corrected chi connectivity index (χ3v) is 13.6. The van der Waals surface area contributed by atoms with Gasteiger partial charge in [-0.05, 0) is 149 Å². The molecule has 0 unspecified atom stereocenters. The van der Waals surface area contributed by atoms with Crippen LogP contribution in [0.15, 0.2) is 95.9 Å². The molecule has 0 spiro atoms. The molecule has 11 heteroatoms. The molecule has 0 aliphatic carbocycles. The van der Waals surface area contributed by atoms with E-state index in [-0.39, 0.29) is 11.9 Å². The molecule has 7 nitrogen and oxygen atoms in total. The van der Waals surface area contributed by atoms with Gasteiger partial charge in [0.05, 0.1) is 5.69 Å². The van der Waals surface area contributed by atoms with Crippen LogP contribution in [0, 0.1) is 18.7 Å². The number of piperazine rings is 1. The molecule has 3 heterocycles. The molecule has 0 saturated carbocycles. The van der Waals surface area contributed by atoms with Crippen molar-refractivity contribution in [2.24, 2.45) is 5.92 Å². The number of thioether (sulfide) groups is 1. The summed E-state index contributed by atoms with van der Waals surface area (Å²) in [5, 5.41) is 4.27. The first kappa shape index (κ1) is 41.6. The molecule has 0 atom stereocenters. The third kappa shape index (κ3) is 10.0. The second kappa shape index (κ2) is 19.0. The van der Waals surface area contributed by atoms with Gasteiger partial charge in [-0.2, -0.15) is 0 Å². The number of hydrogen-bond acceptors (Lipinski definition) is 7. The number of nitrogens with one attached hydrogen (secondary N) is 1. The van der Waals surface area contributed by atoms with E-state index in [1.165, 1.54) is 27.4 Å². The molecule has 302 valence electrons. The second-order valence-electron chi connectivity index (χ2n) is 15.7. The molecule has 2 saturated heterocycles. The summed E-state index contributed by atoms with van der Waals surface area (Å²) >= 11 is 8.02. The lowest BCUT2D eigenvalue weighted by atomic mass is 9.99. The molecule has 57 heavy (non-hydrogen) atoms. The lowest BCUT2D eigenvalue weighted by Crippen LogP contribution is -2.46. The van der Waals surface area contributed by atoms with Gasteiger partial charge in [0.25, 0.3) is 0 Å². The Bertz CT molecular complexity index is 2080. The van der Waals surface area contributed by atoms with Gasteiger partial charge in [-0.15, -0.1) is 11.8 Å². The van der Waals surface area contributed by atoms with Gasteiger partial charge in [0.1, 0.15) is 5.82 Å². The highest BCUT2D eigenvalue weighted by Crippen LogP contribution is 2.46. The summed E-state index contributed by atoms with van der Waals surface area (Å²) in [7, 11) is -1.77. The molecule has 0 amide bonds. The van der Waals surface area contributed by atoms with E-state index in [0.717, 1.165) is 105 Å². The highest BCUT2D eigenvalue weighted by molar-refractivity contribution is 7.98. The molecule has 2 aliphatic rings. The number of nitrogens with zero attached hydrogens (tertiary/aromatic N) is 4. The Kier molecular flexibility index (Phi) is 13.9. The maximum Gasteiger partial charge on any atom is 0.165 e. The van der Waals surface area contributed by atoms with Gasteiger partial charge < -0.3 is 34.4 Å². The first-order chi connectivity index (χ1) is 27.6. The van der Waals surface area contributed by atoms with Crippen LogP contribution < -0.4 is 15.1 Å². The van der Waals surface area contributed by atoms with E-state index in [0.29, 0.717) is 17.1 Å². The Morgan fingerprint density at radius 3 is 1.98 bits per heavy atom. The quantitative estimate of drug-likeness (QED) is 0.0585. The number of anilines is 3. The molecular formula is C46H56ClFN5O2PS. The molecule has 7 rings (SSSR count). The van der Waals surface area contributed by atoms with Gasteiger partial charge >= 0.3 is 0 Å². The van der Waals surface area contributed by atoms with Gasteiger partial charge in [0.2, 0.25) is 0 Å². The van der Waals surface area contributed by atoms with Crippen LogP contribution in [0.25, 0.3) is 33.5 Å². The topological polar surface area (TPSA) is 67.1 Å². The van der Waals surface area contributed by atoms with E-state index in [1.54, 1.807) is 23.9 Å². The summed E-state index contributed by atoms with van der Waals surface area (Å²) in [4.78, 5) is 27.0. The predicted molar refractivity (Wildman–Crippen MR) is 242 cm³/mol. The van der Waals surface area contributed by atoms with Gasteiger partial charge in [-0.3, -0.25) is 0 Å². The maximum atomic E-state index is 15.6. The van der Waals surface area contributed by atoms with Gasteiger partial charge in [0.15, 0.2) is 8.38 Å². The number of halogens is 2. The molecule has 0 radical (unpaired) electrons. The average Bonchev–Trinajstić information content (AvgIpc) is 3.52. The normalized spacial score (nSPS) is 15.6. The van der Waals surface area contributed by atoms with Crippen LogP contribution in [0.4, 0.5) is 21.5 Å². The van der Waals surface area contributed by atoms with Crippen LogP contribution >= 0.6 is 31.7 Å². The summed E-state index contributed by atoms with van der Waals surface area (Å²) < 4.78 is 18.0. The van der Waals surface area contributed by atoms with Gasteiger partial charge in [-0.25, -0.2) is 4.39 Å². The van der Waals surface area contributed by atoms with Crippen molar-refractivity contribution in [3.63, 3.8) is 0 Å². The second-order valence-corrected chi connectivity index (χ2v) is 18.1. The molecule has 3 N–H and O–H groups in total. The summed E-state index contributed by atoms with van der Waals surface area (Å²) in [5.41, 5.74) is 11.0. The summed E-state index contributed by atoms with van der Waals surface area (Å²) in [6, 6.07) is 31.3. The molecule has 4 aromatic carbocycles. The first-order valence-corrected chi connectivity index (χ1v) is 23.3. The largest absolute Gasteiger partial charge is 0.385 e. The van der Waals surface area contributed by atoms with E-state index in [1.807, 2.05) is 12.1 Å². The fraction of sp³-hybridized carbons (Fsp3) is 0.391. The fourth-order valence-corrected chi connectivity index (χ4v) is 10.4. The first-order valence-electron chi connectivity index (χ1n) is 20.3. The van der Waals surface area contributed by atoms with Crippen LogP contribution in [-0.2, 0) is 0 Å². The standard InChI is InChI=1S/C46H56ClFN5O2PS/c1-32(2)53-33(3)46(57-4)44(45(53)37-6-12-39(47)13-7-37)38-28-40(48)30-43(29-38)52-26-24-51(25-27-52)42-16-10-36(11-17-42)35-8-14-41(15-9-35)49-20-5-21-50-22-18-34(19-23-50)31-56(54)55/h6-17,28-30,32,34,49,54-55H,5,18-27,31H2,1-4H3. The zero-order valence-corrected chi connectivity index (χ0v) is 36.1. The Balaban J connectivity index is 0.955. The Hall–Kier alpha value is -3.56. The van der Waals surface area contributed by atoms with Crippen molar-refractivity contribution in [1.29, 1.82) is 0 Å². The van der Waals surface area contributed by atoms with E-state index >= 15 is 4.39 Å². The van der Waals surface area contributed by atoms with Gasteiger partial charge in [-0.1, -0.05) is 48.0 Å². The van der Waals surface area contributed by atoms with Gasteiger partial charge in [0, 0.05) is 83.2 Å². The number of benzene rings is 4. The lowest BCUT2D eigenvalue weighted by molar-refractivity contribution is 0.191. The highest BCUT2D eigenvalue weighted by Gasteiger charge is 2.26. The van der Waals surface area contributed by atoms with Crippen LogP contribution in [0.2, 0.25) is 5.02 Å². The van der Waals surface area contributed by atoms with E-state index in [4.69, 9.17) is 11.6 Å². The zero-order valence-electron chi connectivity index (χ0n) is 33.6. The maximum absolute atomic E-state index is 15.6. The minimum absolute atomic E-state index is 0.223. The number of piperidine rings is 1. The lowest BCUT2D eigenvalue weighted by Gasteiger charge is -2.37. The van der Waals surface area contributed by atoms with E-state index in [2.05, 4.69) is 118 Å². The summed E-state index contributed by atoms with van der Waals surface area (Å²) in [6.07, 6.45) is 5.87. The molecule has 0 bridgehead atoms. The predicted octanol–water partition coefficient (Wildman–Crippen LogP) is 11.0. The van der Waals surface area contributed by atoms with Crippen LogP contribution in [0.1, 0.15) is 44.8 Å². The van der Waals surface area contributed by atoms with E-state index < -0.39 is 8.38 Å². The zero-order chi connectivity index (χ0) is 40.1. The Morgan fingerprint density at radius 2 is 1.39 bits per heavy atom. The smallest absolute Gasteiger partial charge is 0.165 e. The average molecular weight is 828 g/mol. The van der Waals surface area contributed by atoms with Crippen molar-refractivity contribution in [1.82, 2.24) is 9.47 Å². The van der Waals surface area contributed by atoms with Crippen molar-refractivity contribution in [2.45, 2.75) is 51.0 Å². The number of rotatable bonds is 14. The highest BCUT2D eigenvalue weighted by atomic mass is 35.5. The Morgan fingerprint density at radius 1 is 0.789 bits per heavy atom. The molecule has 5 aromatic rings. The Labute approximate surface area is 348 Å². The number of likely N-dealkylation sites (tertiary alicyclic amines) is 1. The van der Waals surface area contributed by atoms with Crippen molar-refractivity contribution >= 4 is 48.8 Å². The minimum atomic E-state index is -1.77. The minimum Gasteiger partial charge on any atom is -0.385 e. The van der Waals surface area contributed by atoms with Crippen molar-refractivity contribution in [3.05, 3.63) is 108 Å². The monoisotopic (exact) mass is 827 g/mol. The number of hydrogen-bond donors (Lipinski definition) is 3. The summed E-state index contributed by atoms with van der Waals surface area (Å²) in [5.74, 6) is 0.234. The molecule has 2 fully saturated rings. The molecular weight excluding hydrogens is 772 g/mol. The third-order valence-electron chi connectivity index (χ3n) is 11.6. The SMILES string of the molecule is CSc1c(-c2cc(F)cc(N3CCN(c4ccc(-c5ccc(NCCCN6CCC(CP(O)O)CC6)cc5)cc4)CC3)c2)c(-c2ccc(Cl)cc2)n(C(C)C)c1C. The van der Waals surface area contributed by atoms with Crippen molar-refractivity contribution < 1.29 is 14.2 Å². The van der Waals surface area contributed by atoms with Crippen molar-refractivity contribution in [3.8, 4) is 33.5 Å². The number of aromatic nitrogens is 1. The molecule has 1 aromatic heterocycles. The van der Waals surface area contributed by atoms with E-state index in [9.17, 15) is 9.79 Å².